The predicted molar refractivity (Wildman–Crippen MR) is 139 cm³/mol. The zero-order valence-electron chi connectivity index (χ0n) is 19.5. The smallest absolute Gasteiger partial charge is 0.409 e. The van der Waals surface area contributed by atoms with E-state index in [1.165, 1.54) is 4.90 Å². The first-order valence-electron chi connectivity index (χ1n) is 11.5. The summed E-state index contributed by atoms with van der Waals surface area (Å²) in [6.07, 6.45) is -1.25. The number of carbonyl (C=O) groups is 4. The van der Waals surface area contributed by atoms with Crippen LogP contribution in [-0.2, 0) is 6.54 Å². The fourth-order valence-corrected chi connectivity index (χ4v) is 4.28. The van der Waals surface area contributed by atoms with Crippen LogP contribution in [0.5, 0.6) is 0 Å². The van der Waals surface area contributed by atoms with Crippen molar-refractivity contribution in [2.75, 3.05) is 10.6 Å². The van der Waals surface area contributed by atoms with Crippen molar-refractivity contribution in [3.63, 3.8) is 0 Å². The zero-order chi connectivity index (χ0) is 25.9. The number of carbonyl (C=O) groups excluding carboxylic acids is 3. The summed E-state index contributed by atoms with van der Waals surface area (Å²) in [4.78, 5) is 50.9. The summed E-state index contributed by atoms with van der Waals surface area (Å²) < 4.78 is 0. The number of para-hydroxylation sites is 1. The molecule has 182 valence electrons. The lowest BCUT2D eigenvalue weighted by atomic mass is 10.0. The van der Waals surface area contributed by atoms with Crippen molar-refractivity contribution in [2.45, 2.75) is 6.54 Å². The van der Waals surface area contributed by atoms with Gasteiger partial charge in [0, 0.05) is 11.1 Å². The summed E-state index contributed by atoms with van der Waals surface area (Å²) in [5.41, 5.74) is 3.76. The zero-order valence-corrected chi connectivity index (χ0v) is 19.5. The van der Waals surface area contributed by atoms with E-state index >= 15 is 0 Å². The first-order valence-corrected chi connectivity index (χ1v) is 11.5. The number of fused-ring (bicyclic) bond motifs is 1. The van der Waals surface area contributed by atoms with Crippen LogP contribution in [0.25, 0.3) is 11.1 Å². The van der Waals surface area contributed by atoms with Gasteiger partial charge in [0.25, 0.3) is 17.7 Å². The molecule has 4 amide bonds. The molecular formula is C29H21N3O5. The van der Waals surface area contributed by atoms with Gasteiger partial charge < -0.3 is 10.4 Å². The molecule has 0 unspecified atom stereocenters. The summed E-state index contributed by atoms with van der Waals surface area (Å²) in [6.45, 7) is 0.0834. The van der Waals surface area contributed by atoms with Crippen LogP contribution in [-0.4, -0.2) is 33.8 Å². The third-order valence-corrected chi connectivity index (χ3v) is 6.06. The summed E-state index contributed by atoms with van der Waals surface area (Å²) in [5.74, 6) is -1.13. The van der Waals surface area contributed by atoms with Gasteiger partial charge in [-0.3, -0.25) is 24.6 Å². The molecule has 0 atom stereocenters. The average Bonchev–Trinajstić information content (AvgIpc) is 3.15. The van der Waals surface area contributed by atoms with Crippen molar-refractivity contribution >= 4 is 35.2 Å². The second-order valence-electron chi connectivity index (χ2n) is 8.42. The Balaban J connectivity index is 1.34. The molecule has 4 aromatic rings. The third-order valence-electron chi connectivity index (χ3n) is 6.06. The van der Waals surface area contributed by atoms with Gasteiger partial charge in [0.1, 0.15) is 0 Å². The van der Waals surface area contributed by atoms with Gasteiger partial charge in [-0.05, 0) is 41.5 Å². The van der Waals surface area contributed by atoms with Gasteiger partial charge in [-0.1, -0.05) is 66.7 Å². The Labute approximate surface area is 212 Å². The minimum Gasteiger partial charge on any atom is -0.465 e. The van der Waals surface area contributed by atoms with Crippen LogP contribution < -0.4 is 10.6 Å². The van der Waals surface area contributed by atoms with Crippen LogP contribution in [0.3, 0.4) is 0 Å². The fraction of sp³-hybridized carbons (Fsp3) is 0.0345. The van der Waals surface area contributed by atoms with E-state index in [1.807, 2.05) is 30.3 Å². The number of hydrogen-bond acceptors (Lipinski definition) is 4. The van der Waals surface area contributed by atoms with Crippen LogP contribution >= 0.6 is 0 Å². The number of benzene rings is 4. The number of imide groups is 1. The lowest BCUT2D eigenvalue weighted by Gasteiger charge is -2.16. The molecule has 4 aromatic carbocycles. The number of rotatable bonds is 6. The lowest BCUT2D eigenvalue weighted by molar-refractivity contribution is 0.0641. The number of amides is 4. The Kier molecular flexibility index (Phi) is 6.22. The molecule has 0 saturated heterocycles. The normalized spacial score (nSPS) is 12.3. The molecular weight excluding hydrogens is 470 g/mol. The van der Waals surface area contributed by atoms with Crippen LogP contribution in [0.15, 0.2) is 97.1 Å². The Hall–Kier alpha value is -5.24. The monoisotopic (exact) mass is 491 g/mol. The highest BCUT2D eigenvalue weighted by atomic mass is 16.4. The van der Waals surface area contributed by atoms with E-state index in [4.69, 9.17) is 0 Å². The molecule has 1 aliphatic heterocycles. The number of nitrogens with zero attached hydrogens (tertiary/aromatic N) is 1. The van der Waals surface area contributed by atoms with Gasteiger partial charge in [-0.2, -0.15) is 0 Å². The summed E-state index contributed by atoms with van der Waals surface area (Å²) in [6, 6.07) is 27.6. The average molecular weight is 492 g/mol. The van der Waals surface area contributed by atoms with Gasteiger partial charge >= 0.3 is 6.09 Å². The second kappa shape index (κ2) is 9.79. The molecule has 0 bridgehead atoms. The lowest BCUT2D eigenvalue weighted by Crippen LogP contribution is -2.29. The largest absolute Gasteiger partial charge is 0.465 e. The highest BCUT2D eigenvalue weighted by Crippen LogP contribution is 2.34. The highest BCUT2D eigenvalue weighted by Gasteiger charge is 2.34. The molecule has 0 radical (unpaired) electrons. The van der Waals surface area contributed by atoms with Gasteiger partial charge in [0.15, 0.2) is 0 Å². The van der Waals surface area contributed by atoms with Crippen molar-refractivity contribution < 1.29 is 24.3 Å². The Morgan fingerprint density at radius 2 is 1.27 bits per heavy atom. The Bertz CT molecular complexity index is 1500. The topological polar surface area (TPSA) is 116 Å². The first kappa shape index (κ1) is 23.5. The van der Waals surface area contributed by atoms with Crippen molar-refractivity contribution in [3.05, 3.63) is 119 Å². The van der Waals surface area contributed by atoms with Crippen molar-refractivity contribution in [3.8, 4) is 11.1 Å². The second-order valence-corrected chi connectivity index (χ2v) is 8.42. The summed E-state index contributed by atoms with van der Waals surface area (Å²) >= 11 is 0. The molecule has 8 nitrogen and oxygen atoms in total. The minimum atomic E-state index is -1.25. The van der Waals surface area contributed by atoms with Crippen LogP contribution in [0, 0.1) is 0 Å². The van der Waals surface area contributed by atoms with Crippen molar-refractivity contribution in [1.29, 1.82) is 0 Å². The molecule has 5 rings (SSSR count). The number of nitrogens with one attached hydrogen (secondary N) is 2. The molecule has 0 spiro atoms. The van der Waals surface area contributed by atoms with Gasteiger partial charge in [0.05, 0.1) is 29.0 Å². The number of anilines is 2. The number of carboxylic acid groups (broad SMARTS) is 1. The maximum absolute atomic E-state index is 13.0. The van der Waals surface area contributed by atoms with Crippen LogP contribution in [0.1, 0.15) is 36.6 Å². The number of hydrogen-bond donors (Lipinski definition) is 3. The molecule has 1 heterocycles. The molecule has 0 fully saturated rings. The van der Waals surface area contributed by atoms with Crippen LogP contribution in [0.4, 0.5) is 16.2 Å². The van der Waals surface area contributed by atoms with E-state index in [9.17, 15) is 24.3 Å². The summed E-state index contributed by atoms with van der Waals surface area (Å²) in [7, 11) is 0. The van der Waals surface area contributed by atoms with Crippen LogP contribution in [0.2, 0.25) is 0 Å². The Morgan fingerprint density at radius 1 is 0.676 bits per heavy atom. The maximum atomic E-state index is 13.0. The van der Waals surface area contributed by atoms with E-state index < -0.39 is 12.0 Å². The van der Waals surface area contributed by atoms with Gasteiger partial charge in [-0.25, -0.2) is 4.79 Å². The van der Waals surface area contributed by atoms with E-state index in [2.05, 4.69) is 10.6 Å². The van der Waals surface area contributed by atoms with E-state index in [-0.39, 0.29) is 24.0 Å². The molecule has 8 heteroatoms. The highest BCUT2D eigenvalue weighted by molar-refractivity contribution is 6.21. The predicted octanol–water partition coefficient (Wildman–Crippen LogP) is 5.49. The first-order chi connectivity index (χ1) is 17.9. The Morgan fingerprint density at radius 3 is 1.89 bits per heavy atom. The van der Waals surface area contributed by atoms with Gasteiger partial charge in [0.2, 0.25) is 0 Å². The van der Waals surface area contributed by atoms with Gasteiger partial charge in [-0.15, -0.1) is 0 Å². The molecule has 0 aromatic heterocycles. The molecule has 0 saturated carbocycles. The quantitative estimate of drug-likeness (QED) is 0.308. The fourth-order valence-electron chi connectivity index (χ4n) is 4.28. The molecule has 0 aliphatic carbocycles. The van der Waals surface area contributed by atoms with Crippen molar-refractivity contribution in [1.82, 2.24) is 4.90 Å². The van der Waals surface area contributed by atoms with E-state index in [0.29, 0.717) is 33.5 Å². The minimum absolute atomic E-state index is 0.0834. The molecule has 37 heavy (non-hydrogen) atoms. The third kappa shape index (κ3) is 4.68. The summed E-state index contributed by atoms with van der Waals surface area (Å²) in [5, 5.41) is 14.6. The van der Waals surface area contributed by atoms with E-state index in [0.717, 1.165) is 5.56 Å². The molecule has 3 N–H and O–H groups in total. The van der Waals surface area contributed by atoms with E-state index in [1.54, 1.807) is 66.7 Å². The maximum Gasteiger partial charge on any atom is 0.409 e. The van der Waals surface area contributed by atoms with Crippen molar-refractivity contribution in [2.24, 2.45) is 0 Å². The molecule has 1 aliphatic rings. The SMILES string of the molecule is O=C(O)Nc1c(NC(=O)c2ccc(CN3C(=O)c4ccccc4C3=O)cc2)cccc1-c1ccccc1. The standard InChI is InChI=1S/C29H21N3O5/c33-26(30-24-12-6-11-21(25(24)31-29(36)37)19-7-2-1-3-8-19)20-15-13-18(14-16-20)17-32-27(34)22-9-4-5-10-23(22)28(32)35/h1-16,31H,17H2,(H,30,33)(H,36,37).